The van der Waals surface area contributed by atoms with Crippen LogP contribution in [0.5, 0.6) is 0 Å². The quantitative estimate of drug-likeness (QED) is 0.425. The summed E-state index contributed by atoms with van der Waals surface area (Å²) in [7, 11) is 0. The Balaban J connectivity index is 1.42. The largest absolute Gasteiger partial charge is 0.480 e. The van der Waals surface area contributed by atoms with Crippen LogP contribution in [0.3, 0.4) is 0 Å². The van der Waals surface area contributed by atoms with Crippen molar-refractivity contribution in [2.24, 2.45) is 5.92 Å². The Hall–Kier alpha value is -3.39. The van der Waals surface area contributed by atoms with Gasteiger partial charge >= 0.3 is 12.1 Å². The van der Waals surface area contributed by atoms with E-state index in [1.54, 1.807) is 0 Å². The Morgan fingerprint density at radius 1 is 1.00 bits per heavy atom. The SMILES string of the molecule is CCC(CNC(=O)OCC1c2ccccc2-c2ccccc21)CC(=O)NCCOCC(=O)O. The van der Waals surface area contributed by atoms with Gasteiger partial charge in [-0.05, 0) is 28.2 Å². The molecular formula is C25H30N2O6. The van der Waals surface area contributed by atoms with Crippen molar-refractivity contribution in [1.29, 1.82) is 0 Å². The number of carboxylic acids is 1. The molecule has 2 aromatic carbocycles. The lowest BCUT2D eigenvalue weighted by Crippen LogP contribution is -2.34. The number of carboxylic acid groups (broad SMARTS) is 1. The predicted octanol–water partition coefficient (Wildman–Crippen LogP) is 3.16. The van der Waals surface area contributed by atoms with Crippen LogP contribution < -0.4 is 10.6 Å². The number of rotatable bonds is 12. The van der Waals surface area contributed by atoms with E-state index in [1.165, 1.54) is 11.1 Å². The van der Waals surface area contributed by atoms with Gasteiger partial charge in [-0.15, -0.1) is 0 Å². The summed E-state index contributed by atoms with van der Waals surface area (Å²) >= 11 is 0. The Bertz CT molecular complexity index is 931. The van der Waals surface area contributed by atoms with E-state index in [0.717, 1.165) is 11.1 Å². The molecule has 0 saturated heterocycles. The van der Waals surface area contributed by atoms with E-state index in [0.29, 0.717) is 13.0 Å². The van der Waals surface area contributed by atoms with Crippen molar-refractivity contribution < 1.29 is 29.0 Å². The van der Waals surface area contributed by atoms with Crippen molar-refractivity contribution in [3.05, 3.63) is 59.7 Å². The van der Waals surface area contributed by atoms with Crippen LogP contribution in [0.15, 0.2) is 48.5 Å². The highest BCUT2D eigenvalue weighted by Gasteiger charge is 2.29. The summed E-state index contributed by atoms with van der Waals surface area (Å²) in [5, 5.41) is 14.0. The number of ether oxygens (including phenoxy) is 2. The molecule has 0 saturated carbocycles. The molecule has 1 aliphatic carbocycles. The van der Waals surface area contributed by atoms with Crippen molar-refractivity contribution in [1.82, 2.24) is 10.6 Å². The topological polar surface area (TPSA) is 114 Å². The normalized spacial score (nSPS) is 13.0. The molecule has 3 rings (SSSR count). The second-order valence-corrected chi connectivity index (χ2v) is 7.98. The molecule has 0 heterocycles. The number of amides is 2. The zero-order valence-corrected chi connectivity index (χ0v) is 18.7. The average molecular weight is 455 g/mol. The Kier molecular flexibility index (Phi) is 8.83. The highest BCUT2D eigenvalue weighted by atomic mass is 16.5. The standard InChI is InChI=1S/C25H30N2O6/c1-2-17(13-23(28)26-11-12-32-16-24(29)30)14-27-25(31)33-15-22-20-9-5-3-7-18(20)19-8-4-6-10-21(19)22/h3-10,17,22H,2,11-16H2,1H3,(H,26,28)(H,27,31)(H,29,30). The monoisotopic (exact) mass is 454 g/mol. The molecule has 0 radical (unpaired) electrons. The number of carbonyl (C=O) groups is 3. The molecule has 1 unspecified atom stereocenters. The zero-order valence-electron chi connectivity index (χ0n) is 18.7. The Morgan fingerprint density at radius 2 is 1.64 bits per heavy atom. The maximum atomic E-state index is 12.3. The molecular weight excluding hydrogens is 424 g/mol. The summed E-state index contributed by atoms with van der Waals surface area (Å²) in [5.74, 6) is -1.26. The number of nitrogens with one attached hydrogen (secondary N) is 2. The van der Waals surface area contributed by atoms with Crippen molar-refractivity contribution in [2.45, 2.75) is 25.7 Å². The first-order chi connectivity index (χ1) is 16.0. The lowest BCUT2D eigenvalue weighted by atomic mass is 9.98. The minimum Gasteiger partial charge on any atom is -0.480 e. The van der Waals surface area contributed by atoms with Gasteiger partial charge in [-0.3, -0.25) is 4.79 Å². The molecule has 1 atom stereocenters. The smallest absolute Gasteiger partial charge is 0.407 e. The van der Waals surface area contributed by atoms with Crippen molar-refractivity contribution in [2.75, 3.05) is 32.9 Å². The summed E-state index contributed by atoms with van der Waals surface area (Å²) in [5.41, 5.74) is 4.66. The van der Waals surface area contributed by atoms with Gasteiger partial charge in [-0.2, -0.15) is 0 Å². The molecule has 1 aliphatic rings. The first-order valence-electron chi connectivity index (χ1n) is 11.1. The predicted molar refractivity (Wildman–Crippen MR) is 123 cm³/mol. The molecule has 8 heteroatoms. The van der Waals surface area contributed by atoms with Crippen LogP contribution in [0, 0.1) is 5.92 Å². The fourth-order valence-electron chi connectivity index (χ4n) is 3.99. The number of hydrogen-bond donors (Lipinski definition) is 3. The number of aliphatic carboxylic acids is 1. The maximum Gasteiger partial charge on any atom is 0.407 e. The molecule has 8 nitrogen and oxygen atoms in total. The molecule has 0 aliphatic heterocycles. The third kappa shape index (κ3) is 6.79. The van der Waals surface area contributed by atoms with E-state index >= 15 is 0 Å². The second kappa shape index (κ2) is 12.0. The van der Waals surface area contributed by atoms with Crippen molar-refractivity contribution >= 4 is 18.0 Å². The fourth-order valence-corrected chi connectivity index (χ4v) is 3.99. The number of carbonyl (C=O) groups excluding carboxylic acids is 2. The highest BCUT2D eigenvalue weighted by Crippen LogP contribution is 2.44. The molecule has 0 spiro atoms. The third-order valence-corrected chi connectivity index (χ3v) is 5.72. The highest BCUT2D eigenvalue weighted by molar-refractivity contribution is 5.79. The number of benzene rings is 2. The molecule has 33 heavy (non-hydrogen) atoms. The van der Waals surface area contributed by atoms with Gasteiger partial charge in [0.15, 0.2) is 0 Å². The molecule has 3 N–H and O–H groups in total. The van der Waals surface area contributed by atoms with Crippen LogP contribution >= 0.6 is 0 Å². The van der Waals surface area contributed by atoms with Gasteiger partial charge in [0, 0.05) is 25.4 Å². The maximum absolute atomic E-state index is 12.3. The molecule has 2 aromatic rings. The molecule has 2 amide bonds. The summed E-state index contributed by atoms with van der Waals surface area (Å²) in [6.07, 6.45) is 0.462. The van der Waals surface area contributed by atoms with Crippen molar-refractivity contribution in [3.8, 4) is 11.1 Å². The first-order valence-corrected chi connectivity index (χ1v) is 11.1. The van der Waals surface area contributed by atoms with Crippen LogP contribution in [0.2, 0.25) is 0 Å². The summed E-state index contributed by atoms with van der Waals surface area (Å²) in [6, 6.07) is 16.3. The zero-order chi connectivity index (χ0) is 23.6. The van der Waals surface area contributed by atoms with Crippen LogP contribution in [0.1, 0.15) is 36.8 Å². The average Bonchev–Trinajstić information content (AvgIpc) is 3.13. The van der Waals surface area contributed by atoms with Crippen LogP contribution in [-0.4, -0.2) is 56.0 Å². The minimum atomic E-state index is -1.05. The molecule has 0 bridgehead atoms. The van der Waals surface area contributed by atoms with Gasteiger partial charge in [-0.1, -0.05) is 61.9 Å². The lowest BCUT2D eigenvalue weighted by molar-refractivity contribution is -0.142. The minimum absolute atomic E-state index is 0.000698. The van der Waals surface area contributed by atoms with E-state index < -0.39 is 18.7 Å². The van der Waals surface area contributed by atoms with E-state index in [4.69, 9.17) is 14.6 Å². The van der Waals surface area contributed by atoms with Gasteiger partial charge < -0.3 is 25.2 Å². The molecule has 0 fully saturated rings. The number of fused-ring (bicyclic) bond motifs is 3. The lowest BCUT2D eigenvalue weighted by Gasteiger charge is -2.17. The first kappa shape index (κ1) is 24.3. The Labute approximate surface area is 193 Å². The summed E-state index contributed by atoms with van der Waals surface area (Å²) < 4.78 is 10.4. The van der Waals surface area contributed by atoms with Gasteiger partial charge in [-0.25, -0.2) is 9.59 Å². The van der Waals surface area contributed by atoms with Crippen molar-refractivity contribution in [3.63, 3.8) is 0 Å². The number of alkyl carbamates (subject to hydrolysis) is 1. The van der Waals surface area contributed by atoms with E-state index in [2.05, 4.69) is 34.9 Å². The molecule has 0 aromatic heterocycles. The second-order valence-electron chi connectivity index (χ2n) is 7.98. The summed E-state index contributed by atoms with van der Waals surface area (Å²) in [6.45, 7) is 2.50. The third-order valence-electron chi connectivity index (χ3n) is 5.72. The van der Waals surface area contributed by atoms with E-state index in [9.17, 15) is 14.4 Å². The Morgan fingerprint density at radius 3 is 2.24 bits per heavy atom. The number of hydrogen-bond acceptors (Lipinski definition) is 5. The van der Waals surface area contributed by atoms with Gasteiger partial charge in [0.25, 0.3) is 0 Å². The molecule has 176 valence electrons. The fraction of sp³-hybridized carbons (Fsp3) is 0.400. The van der Waals surface area contributed by atoms with Crippen LogP contribution in [0.4, 0.5) is 4.79 Å². The van der Waals surface area contributed by atoms with Crippen LogP contribution in [0.25, 0.3) is 11.1 Å². The van der Waals surface area contributed by atoms with Crippen LogP contribution in [-0.2, 0) is 19.1 Å². The summed E-state index contributed by atoms with van der Waals surface area (Å²) in [4.78, 5) is 34.8. The van der Waals surface area contributed by atoms with Gasteiger partial charge in [0.1, 0.15) is 13.2 Å². The van der Waals surface area contributed by atoms with Gasteiger partial charge in [0.05, 0.1) is 6.61 Å². The van der Waals surface area contributed by atoms with E-state index in [-0.39, 0.29) is 43.9 Å². The van der Waals surface area contributed by atoms with Gasteiger partial charge in [0.2, 0.25) is 5.91 Å². The van der Waals surface area contributed by atoms with E-state index in [1.807, 2.05) is 31.2 Å².